The highest BCUT2D eigenvalue weighted by Crippen LogP contribution is 2.38. The Bertz CT molecular complexity index is 1910. The number of carbonyl (C=O) groups excluding carboxylic acids is 1. The van der Waals surface area contributed by atoms with Crippen molar-refractivity contribution >= 4 is 13.7 Å². The van der Waals surface area contributed by atoms with Crippen molar-refractivity contribution in [3.63, 3.8) is 0 Å². The molecule has 0 aliphatic rings. The maximum Gasteiger partial charge on any atom is 0.268 e. The van der Waals surface area contributed by atoms with Gasteiger partial charge in [0.25, 0.3) is 7.82 Å². The second-order valence-electron chi connectivity index (χ2n) is 24.5. The molecule has 3 unspecified atom stereocenters. The summed E-state index contributed by atoms with van der Waals surface area (Å²) in [5.41, 5.74) is 0. The van der Waals surface area contributed by atoms with Crippen LogP contribution in [-0.4, -0.2) is 68.5 Å². The Hall–Kier alpha value is -3.62. The van der Waals surface area contributed by atoms with Crippen LogP contribution in [0.15, 0.2) is 146 Å². The number of hydrogen-bond donors (Lipinski definition) is 2. The number of rotatable bonds is 63. The van der Waals surface area contributed by atoms with E-state index in [-0.39, 0.29) is 12.5 Å². The molecular formula is C77H133N2O6P. The number of phosphoric ester groups is 1. The lowest BCUT2D eigenvalue weighted by Gasteiger charge is -2.29. The van der Waals surface area contributed by atoms with Crippen LogP contribution in [0.2, 0.25) is 0 Å². The normalized spacial score (nSPS) is 14.5. The number of phosphoric acid groups is 1. The van der Waals surface area contributed by atoms with Crippen molar-refractivity contribution < 1.29 is 32.9 Å². The number of nitrogens with zero attached hydrogens (tertiary/aromatic N) is 1. The van der Waals surface area contributed by atoms with E-state index in [1.54, 1.807) is 6.08 Å². The van der Waals surface area contributed by atoms with Gasteiger partial charge >= 0.3 is 0 Å². The van der Waals surface area contributed by atoms with Gasteiger partial charge in [0.05, 0.1) is 39.9 Å². The fourth-order valence-electron chi connectivity index (χ4n) is 9.61. The molecule has 0 aromatic carbocycles. The molecule has 9 heteroatoms. The number of likely N-dealkylation sites (N-methyl/N-ethyl adjacent to an activating group) is 1. The predicted molar refractivity (Wildman–Crippen MR) is 375 cm³/mol. The molecular weight excluding hydrogens is 1080 g/mol. The number of allylic oxidation sites excluding steroid dienone is 23. The Balaban J connectivity index is 4.22. The van der Waals surface area contributed by atoms with Crippen molar-refractivity contribution in [3.8, 4) is 0 Å². The monoisotopic (exact) mass is 1210 g/mol. The molecule has 0 bridgehead atoms. The molecule has 0 radical (unpaired) electrons. The number of quaternary nitrogens is 1. The summed E-state index contributed by atoms with van der Waals surface area (Å²) in [6.07, 6.45) is 101. The van der Waals surface area contributed by atoms with E-state index >= 15 is 0 Å². The summed E-state index contributed by atoms with van der Waals surface area (Å²) in [5, 5.41) is 13.9. The number of aliphatic hydroxyl groups excluding tert-OH is 1. The minimum atomic E-state index is -4.63. The van der Waals surface area contributed by atoms with Gasteiger partial charge in [-0.05, 0) is 109 Å². The molecule has 8 nitrogen and oxygen atoms in total. The lowest BCUT2D eigenvalue weighted by atomic mass is 10.0. The number of aliphatic hydroxyl groups is 1. The van der Waals surface area contributed by atoms with Crippen LogP contribution in [0.4, 0.5) is 0 Å². The molecule has 1 amide bonds. The molecule has 0 fully saturated rings. The van der Waals surface area contributed by atoms with E-state index in [9.17, 15) is 19.4 Å². The lowest BCUT2D eigenvalue weighted by molar-refractivity contribution is -0.870. The lowest BCUT2D eigenvalue weighted by Crippen LogP contribution is -2.45. The molecule has 492 valence electrons. The minimum absolute atomic E-state index is 0.0169. The Morgan fingerprint density at radius 3 is 1.08 bits per heavy atom. The number of nitrogens with one attached hydrogen (secondary N) is 1. The average Bonchev–Trinajstić information content (AvgIpc) is 3.70. The number of unbranched alkanes of at least 4 members (excludes halogenated alkanes) is 28. The van der Waals surface area contributed by atoms with Crippen molar-refractivity contribution in [3.05, 3.63) is 146 Å². The minimum Gasteiger partial charge on any atom is -0.756 e. The standard InChI is InChI=1S/C77H133N2O6P/c1-6-8-10-12-14-16-18-20-22-24-26-28-30-32-34-35-36-37-38-39-40-41-42-43-45-47-49-51-53-55-57-59-61-63-65-67-69-71-77(81)78-75(74-85-86(82,83)84-73-72-79(3,4)5)76(80)70-68-66-64-62-60-58-56-54-52-50-48-46-44-33-31-29-27-25-23-21-19-17-15-13-11-9-7-2/h8,10,14,16,20,22,26,28,32,34,36-37,39-40,42-43,47,49,53,55,60,62,68,70,75-76,80H,6-7,9,11-13,15,17-19,21,23-25,27,29-31,33,35,38,41,44-46,48,50-52,54,56-59,61,63-67,69,71-74H2,1-5H3,(H-,78,81,82,83)/b10-8-,16-14-,22-20-,28-26-,34-32-,37-36-,40-39-,43-42-,49-47-,55-53-,62-60+,70-68+. The molecule has 2 N–H and O–H groups in total. The van der Waals surface area contributed by atoms with Crippen molar-refractivity contribution in [1.29, 1.82) is 0 Å². The maximum absolute atomic E-state index is 13.0. The van der Waals surface area contributed by atoms with E-state index in [2.05, 4.69) is 153 Å². The molecule has 0 heterocycles. The zero-order valence-electron chi connectivity index (χ0n) is 56.2. The van der Waals surface area contributed by atoms with Gasteiger partial charge in [-0.25, -0.2) is 0 Å². The summed E-state index contributed by atoms with van der Waals surface area (Å²) in [6.45, 7) is 4.51. The molecule has 0 saturated heterocycles. The van der Waals surface area contributed by atoms with E-state index in [0.717, 1.165) is 128 Å². The highest BCUT2D eigenvalue weighted by Gasteiger charge is 2.23. The van der Waals surface area contributed by atoms with Gasteiger partial charge in [0, 0.05) is 6.42 Å². The van der Waals surface area contributed by atoms with Crippen LogP contribution in [-0.2, 0) is 18.4 Å². The van der Waals surface area contributed by atoms with Gasteiger partial charge in [-0.1, -0.05) is 314 Å². The third-order valence-corrected chi connectivity index (χ3v) is 16.0. The number of carbonyl (C=O) groups is 1. The zero-order valence-corrected chi connectivity index (χ0v) is 57.1. The first-order chi connectivity index (χ1) is 42.0. The van der Waals surface area contributed by atoms with Crippen molar-refractivity contribution in [2.45, 2.75) is 296 Å². The Labute approximate surface area is 531 Å². The topological polar surface area (TPSA) is 108 Å². The quantitative estimate of drug-likeness (QED) is 0.0272. The zero-order chi connectivity index (χ0) is 62.6. The summed E-state index contributed by atoms with van der Waals surface area (Å²) in [4.78, 5) is 25.6. The predicted octanol–water partition coefficient (Wildman–Crippen LogP) is 22.1. The van der Waals surface area contributed by atoms with Gasteiger partial charge in [0.2, 0.25) is 5.91 Å². The molecule has 3 atom stereocenters. The summed E-state index contributed by atoms with van der Waals surface area (Å²) in [6, 6.07) is -0.924. The number of amides is 1. The van der Waals surface area contributed by atoms with Crippen molar-refractivity contribution in [2.24, 2.45) is 0 Å². The van der Waals surface area contributed by atoms with Crippen LogP contribution in [0, 0.1) is 0 Å². The van der Waals surface area contributed by atoms with E-state index in [1.807, 2.05) is 27.2 Å². The smallest absolute Gasteiger partial charge is 0.268 e. The molecule has 0 aliphatic carbocycles. The third-order valence-electron chi connectivity index (χ3n) is 15.0. The van der Waals surface area contributed by atoms with E-state index in [4.69, 9.17) is 9.05 Å². The van der Waals surface area contributed by atoms with E-state index in [0.29, 0.717) is 17.4 Å². The second kappa shape index (κ2) is 65.8. The van der Waals surface area contributed by atoms with Gasteiger partial charge in [0.15, 0.2) is 0 Å². The van der Waals surface area contributed by atoms with Gasteiger partial charge in [0.1, 0.15) is 13.2 Å². The third kappa shape index (κ3) is 67.9. The summed E-state index contributed by atoms with van der Waals surface area (Å²) in [7, 11) is 1.22. The van der Waals surface area contributed by atoms with E-state index < -0.39 is 26.6 Å². The van der Waals surface area contributed by atoms with Gasteiger partial charge < -0.3 is 28.8 Å². The van der Waals surface area contributed by atoms with Gasteiger partial charge in [-0.2, -0.15) is 0 Å². The number of hydrogen-bond acceptors (Lipinski definition) is 6. The average molecular weight is 1210 g/mol. The molecule has 0 aromatic heterocycles. The molecule has 0 aromatic rings. The molecule has 0 rings (SSSR count). The van der Waals surface area contributed by atoms with Crippen molar-refractivity contribution in [1.82, 2.24) is 5.32 Å². The maximum atomic E-state index is 13.0. The molecule has 0 spiro atoms. The van der Waals surface area contributed by atoms with Crippen LogP contribution in [0.25, 0.3) is 0 Å². The van der Waals surface area contributed by atoms with Crippen LogP contribution in [0.3, 0.4) is 0 Å². The second-order valence-corrected chi connectivity index (χ2v) is 25.9. The molecule has 0 aliphatic heterocycles. The fourth-order valence-corrected chi connectivity index (χ4v) is 10.3. The largest absolute Gasteiger partial charge is 0.756 e. The SMILES string of the molecule is CC/C=C\C/C=C\C/C=C\C/C=C\C/C=C\C/C=C\C/C=C\C/C=C\C/C=C\C/C=C\CCCCCCCCC(=O)NC(COP(=O)([O-])OCC[N+](C)(C)C)C(O)/C=C/CC/C=C/CCCCCCCCCCCCCCCCCCCCCCC. The Kier molecular flexibility index (Phi) is 63.0. The Morgan fingerprint density at radius 1 is 0.419 bits per heavy atom. The first kappa shape index (κ1) is 82.4. The first-order valence-corrected chi connectivity index (χ1v) is 36.7. The fraction of sp³-hybridized carbons (Fsp3) is 0.675. The van der Waals surface area contributed by atoms with Gasteiger partial charge in [-0.3, -0.25) is 9.36 Å². The van der Waals surface area contributed by atoms with Gasteiger partial charge in [-0.15, -0.1) is 0 Å². The van der Waals surface area contributed by atoms with Crippen LogP contribution >= 0.6 is 7.82 Å². The summed E-state index contributed by atoms with van der Waals surface area (Å²) >= 11 is 0. The first-order valence-electron chi connectivity index (χ1n) is 35.2. The highest BCUT2D eigenvalue weighted by atomic mass is 31.2. The summed E-state index contributed by atoms with van der Waals surface area (Å²) < 4.78 is 23.4. The Morgan fingerprint density at radius 2 is 0.721 bits per heavy atom. The molecule has 0 saturated carbocycles. The van der Waals surface area contributed by atoms with Crippen LogP contribution in [0.5, 0.6) is 0 Å². The molecule has 86 heavy (non-hydrogen) atoms. The van der Waals surface area contributed by atoms with Crippen LogP contribution < -0.4 is 10.2 Å². The van der Waals surface area contributed by atoms with E-state index in [1.165, 1.54) is 135 Å². The highest BCUT2D eigenvalue weighted by molar-refractivity contribution is 7.45. The van der Waals surface area contributed by atoms with Crippen LogP contribution in [0.1, 0.15) is 284 Å². The summed E-state index contributed by atoms with van der Waals surface area (Å²) in [5.74, 6) is -0.225. The van der Waals surface area contributed by atoms with Crippen molar-refractivity contribution in [2.75, 3.05) is 40.9 Å².